The van der Waals surface area contributed by atoms with Crippen LogP contribution in [0.4, 0.5) is 26.7 Å². The number of anilines is 3. The van der Waals surface area contributed by atoms with Crippen molar-refractivity contribution in [2.24, 2.45) is 28.6 Å². The van der Waals surface area contributed by atoms with Crippen LogP contribution in [0.1, 0.15) is 108 Å². The number of ether oxygens (including phenoxy) is 12. The molecule has 1 unspecified atom stereocenters. The van der Waals surface area contributed by atoms with Gasteiger partial charge in [0.05, 0.1) is 114 Å². The minimum absolute atomic E-state index is 0.0135. The molecule has 8 N–H and O–H groups in total. The molecule has 3 saturated carbocycles. The average Bonchev–Trinajstić information content (AvgIpc) is 1.58. The van der Waals surface area contributed by atoms with E-state index in [1.807, 2.05) is 35.2 Å². The number of aliphatic carboxylic acids is 1. The molecule has 2 spiro atoms. The predicted molar refractivity (Wildman–Crippen MR) is 364 cm³/mol. The van der Waals surface area contributed by atoms with Gasteiger partial charge in [0, 0.05) is 57.2 Å². The Balaban J connectivity index is 0.614. The van der Waals surface area contributed by atoms with Gasteiger partial charge in [0.15, 0.2) is 35.3 Å². The van der Waals surface area contributed by atoms with Gasteiger partial charge in [0.2, 0.25) is 12.2 Å². The number of fused-ring (bicyclic) bond motifs is 5. The fourth-order valence-corrected chi connectivity index (χ4v) is 15.0. The molecule has 4 aliphatic carbocycles. The summed E-state index contributed by atoms with van der Waals surface area (Å²) in [7, 11) is 2.96. The Kier molecular flexibility index (Phi) is 22.7. The topological polar surface area (TPSA) is 360 Å². The summed E-state index contributed by atoms with van der Waals surface area (Å²) in [4.78, 5) is 85.7. The van der Waals surface area contributed by atoms with Gasteiger partial charge in [-0.05, 0) is 127 Å². The number of methoxy groups -OCH3 is 2. The molecule has 3 saturated heterocycles. The number of aliphatic hydroxyl groups excluding tert-OH is 4. The minimum Gasteiger partial charge on any atom is -0.493 e. The number of benzene rings is 4. The number of carbonyl (C=O) groups excluding carboxylic acids is 5. The van der Waals surface area contributed by atoms with Crippen LogP contribution >= 0.6 is 0 Å². The quantitative estimate of drug-likeness (QED) is 0.0225. The number of amides is 5. The van der Waals surface area contributed by atoms with E-state index in [0.29, 0.717) is 93.0 Å². The molecule has 6 fully saturated rings. The molecule has 9 aliphatic rings. The zero-order valence-electron chi connectivity index (χ0n) is 57.7. The third-order valence-corrected chi connectivity index (χ3v) is 21.1. The Morgan fingerprint density at radius 1 is 0.650 bits per heavy atom. The van der Waals surface area contributed by atoms with Crippen molar-refractivity contribution in [1.82, 2.24) is 15.1 Å². The molecule has 4 aromatic carbocycles. The largest absolute Gasteiger partial charge is 0.493 e. The highest BCUT2D eigenvalue weighted by Crippen LogP contribution is 2.58. The van der Waals surface area contributed by atoms with E-state index in [0.717, 1.165) is 80.4 Å². The van der Waals surface area contributed by atoms with E-state index in [1.165, 1.54) is 44.6 Å². The lowest BCUT2D eigenvalue weighted by Gasteiger charge is -2.38. The second-order valence-electron chi connectivity index (χ2n) is 28.1. The fourth-order valence-electron chi connectivity index (χ4n) is 15.0. The van der Waals surface area contributed by atoms with Crippen LogP contribution in [0, 0.1) is 40.4 Å². The first-order chi connectivity index (χ1) is 49.9. The van der Waals surface area contributed by atoms with Gasteiger partial charge in [-0.2, -0.15) is 0 Å². The van der Waals surface area contributed by atoms with Crippen LogP contribution < -0.4 is 44.5 Å². The van der Waals surface area contributed by atoms with Crippen LogP contribution in [0.25, 0.3) is 0 Å². The molecule has 554 valence electrons. The summed E-state index contributed by atoms with van der Waals surface area (Å²) < 4.78 is 69.4. The van der Waals surface area contributed by atoms with E-state index in [1.54, 1.807) is 11.0 Å². The zero-order chi connectivity index (χ0) is 71.9. The zero-order valence-corrected chi connectivity index (χ0v) is 57.7. The van der Waals surface area contributed by atoms with Crippen molar-refractivity contribution in [3.05, 3.63) is 94.5 Å². The maximum absolute atomic E-state index is 14.8. The first-order valence-electron chi connectivity index (χ1n) is 35.4. The number of hydrogen-bond acceptors (Lipinski definition) is 23. The Morgan fingerprint density at radius 2 is 1.26 bits per heavy atom. The van der Waals surface area contributed by atoms with E-state index < -0.39 is 79.6 Å². The van der Waals surface area contributed by atoms with Crippen molar-refractivity contribution in [3.8, 4) is 40.6 Å². The second kappa shape index (κ2) is 32.1. The number of hydrogen-bond donors (Lipinski definition) is 8. The van der Waals surface area contributed by atoms with Crippen molar-refractivity contribution in [1.29, 1.82) is 0 Å². The third-order valence-electron chi connectivity index (χ3n) is 21.1. The van der Waals surface area contributed by atoms with Crippen LogP contribution in [0.15, 0.2) is 66.7 Å². The normalized spacial score (nSPS) is 25.7. The standard InChI is InChI=1S/C74H90N6O23/c1-92-57-30-49-52(76-36-46-34-73(15-16-73)41-78(46)66(49)85)32-59(57)98-37-43-8-7-9-44(28-43)38-99-60-33-54-50(31-58(60)93-2)67(86)79-42-74(17-18-74)35-55(79)68(87)80(54)72(91)101-39-45-12-13-56(102-70-64(84)62(82)63(83)65(103-70)69(88)89)53(29-45)77-61(81)14-20-94-22-24-96-26-27-97-25-23-95-21-19-75-71(90)100-40-51-47-10-5-3-4-6-11-48(47)51/h7-9,12-13,28-33,46-48,51,55,62-65,68,70,76,82-84,87H,5-6,10-11,14-27,34-42H2,1-2H3,(H,75,90)(H,77,81)(H,88,89)/t46-,47-,48+,51?,55-,62+,63+,64-,65+,68-,70-/m0/s1. The van der Waals surface area contributed by atoms with Gasteiger partial charge in [-0.25, -0.2) is 19.3 Å². The number of carboxylic acid groups (broad SMARTS) is 1. The summed E-state index contributed by atoms with van der Waals surface area (Å²) in [5.74, 6) is 6.32. The monoisotopic (exact) mass is 1430 g/mol. The summed E-state index contributed by atoms with van der Waals surface area (Å²) in [6, 6.07) is 17.4. The van der Waals surface area contributed by atoms with Crippen molar-refractivity contribution in [2.75, 3.05) is 115 Å². The molecule has 0 aromatic heterocycles. The molecule has 29 heteroatoms. The van der Waals surface area contributed by atoms with Gasteiger partial charge >= 0.3 is 18.2 Å². The van der Waals surface area contributed by atoms with E-state index in [4.69, 9.17) is 56.8 Å². The fraction of sp³-hybridized carbons (Fsp3) is 0.568. The molecule has 103 heavy (non-hydrogen) atoms. The van der Waals surface area contributed by atoms with Gasteiger partial charge in [-0.1, -0.05) is 24.3 Å². The average molecular weight is 1430 g/mol. The molecule has 4 aromatic rings. The van der Waals surface area contributed by atoms with Gasteiger partial charge in [0.1, 0.15) is 43.9 Å². The van der Waals surface area contributed by atoms with Crippen LogP contribution in [-0.4, -0.2) is 220 Å². The van der Waals surface area contributed by atoms with E-state index in [9.17, 15) is 54.3 Å². The minimum atomic E-state index is -2.01. The first-order valence-corrected chi connectivity index (χ1v) is 35.4. The molecule has 11 atom stereocenters. The summed E-state index contributed by atoms with van der Waals surface area (Å²) in [6.07, 6.45) is -3.78. The number of aliphatic hydroxyl groups is 4. The first kappa shape index (κ1) is 72.6. The van der Waals surface area contributed by atoms with Gasteiger partial charge in [-0.15, -0.1) is 11.8 Å². The Hall–Kier alpha value is -8.70. The smallest absolute Gasteiger partial charge is 0.416 e. The summed E-state index contributed by atoms with van der Waals surface area (Å²) in [6.45, 7) is 3.85. The number of rotatable bonds is 31. The number of alkyl carbamates (subject to hydrolysis) is 1. The van der Waals surface area contributed by atoms with E-state index >= 15 is 0 Å². The SMILES string of the molecule is COc1cc2c(cc1OCc1cccc(COc3cc4c(cc3OC)C(=O)N3CC5(CC5)C[C@H]3[C@H](O)N4C(=O)OCc3ccc(O[C@H]4O[C@@H](C(=O)O)[C@H](O)[C@@H](O)[C@@H]4O)c(NC(=O)CCOCCOCCOCCOCCNC(=O)OCC4[C@H]5CCC#CCC[C@@H]45)c3)c1)NC[C@@H]1CC3(CC3)CN1C2=O. The molecule has 29 nitrogen and oxygen atoms in total. The van der Waals surface area contributed by atoms with E-state index in [-0.39, 0.29) is 115 Å². The number of nitrogens with one attached hydrogen (secondary N) is 3. The Morgan fingerprint density at radius 3 is 1.92 bits per heavy atom. The van der Waals surface area contributed by atoms with Gasteiger partial charge in [0.25, 0.3) is 11.8 Å². The number of nitrogens with zero attached hydrogens (tertiary/aromatic N) is 3. The molecule has 5 aliphatic heterocycles. The van der Waals surface area contributed by atoms with Crippen molar-refractivity contribution in [2.45, 2.75) is 139 Å². The number of carboxylic acids is 1. The highest BCUT2D eigenvalue weighted by Gasteiger charge is 2.59. The lowest BCUT2D eigenvalue weighted by molar-refractivity contribution is -0.271. The van der Waals surface area contributed by atoms with Gasteiger partial charge in [-0.3, -0.25) is 14.4 Å². The van der Waals surface area contributed by atoms with Crippen LogP contribution in [0.2, 0.25) is 0 Å². The maximum atomic E-state index is 14.8. The Bertz CT molecular complexity index is 3820. The Labute approximate surface area is 595 Å². The van der Waals surface area contributed by atoms with Crippen LogP contribution in [-0.2, 0) is 62.6 Å². The summed E-state index contributed by atoms with van der Waals surface area (Å²) in [5, 5.41) is 62.9. The molecule has 5 amide bonds. The lowest BCUT2D eigenvalue weighted by Crippen LogP contribution is -2.61. The molecular formula is C74H90N6O23. The predicted octanol–water partition coefficient (Wildman–Crippen LogP) is 5.58. The van der Waals surface area contributed by atoms with Gasteiger partial charge < -0.3 is 108 Å². The maximum Gasteiger partial charge on any atom is 0.416 e. The van der Waals surface area contributed by atoms with Crippen LogP contribution in [0.5, 0.6) is 28.7 Å². The molecule has 0 bridgehead atoms. The third kappa shape index (κ3) is 16.9. The second-order valence-corrected chi connectivity index (χ2v) is 28.1. The lowest BCUT2D eigenvalue weighted by atomic mass is 9.99. The van der Waals surface area contributed by atoms with Crippen molar-refractivity contribution < 1.29 is 111 Å². The highest BCUT2D eigenvalue weighted by atomic mass is 16.7. The molecule has 5 heterocycles. The van der Waals surface area contributed by atoms with Crippen molar-refractivity contribution >= 4 is 52.9 Å². The molecule has 0 radical (unpaired) electrons. The summed E-state index contributed by atoms with van der Waals surface area (Å²) in [5.41, 5.74) is 3.01. The summed E-state index contributed by atoms with van der Waals surface area (Å²) >= 11 is 0. The van der Waals surface area contributed by atoms with Crippen molar-refractivity contribution in [3.63, 3.8) is 0 Å². The van der Waals surface area contributed by atoms with E-state index in [2.05, 4.69) is 27.8 Å². The number of carbonyl (C=O) groups is 6. The molecular weight excluding hydrogens is 1340 g/mol. The molecule has 13 rings (SSSR count). The highest BCUT2D eigenvalue weighted by molar-refractivity contribution is 6.06. The van der Waals surface area contributed by atoms with Crippen LogP contribution in [0.3, 0.4) is 0 Å².